The van der Waals surface area contributed by atoms with E-state index in [1.54, 1.807) is 12.4 Å². The van der Waals surface area contributed by atoms with E-state index < -0.39 is 0 Å². The molecule has 0 spiro atoms. The normalized spacial score (nSPS) is 10.4. The number of nitrogens with zero attached hydrogens (tertiary/aromatic N) is 2. The quantitative estimate of drug-likeness (QED) is 0.635. The molecule has 0 atom stereocenters. The topological polar surface area (TPSA) is 25.8 Å². The Morgan fingerprint density at radius 2 is 2.17 bits per heavy atom. The maximum atomic E-state index is 4.43. The van der Waals surface area contributed by atoms with Crippen LogP contribution in [0, 0.1) is 0 Å². The minimum atomic E-state index is 0.977. The minimum Gasteiger partial charge on any atom is -0.262 e. The van der Waals surface area contributed by atoms with Gasteiger partial charge in [0.15, 0.2) is 0 Å². The molecule has 60 valence electrons. The average molecular weight is 158 g/mol. The molecule has 0 radical (unpaired) electrons. The Bertz CT molecular complexity index is 396. The van der Waals surface area contributed by atoms with Crippen molar-refractivity contribution in [2.45, 2.75) is 13.3 Å². The van der Waals surface area contributed by atoms with Crippen molar-refractivity contribution in [2.75, 3.05) is 0 Å². The molecular weight excluding hydrogens is 148 g/mol. The van der Waals surface area contributed by atoms with Crippen molar-refractivity contribution in [2.24, 2.45) is 0 Å². The fraction of sp³-hybridized carbons (Fsp3) is 0.200. The maximum absolute atomic E-state index is 4.43. The van der Waals surface area contributed by atoms with Crippen molar-refractivity contribution in [3.8, 4) is 0 Å². The van der Waals surface area contributed by atoms with E-state index in [1.807, 2.05) is 6.07 Å². The van der Waals surface area contributed by atoms with Crippen molar-refractivity contribution in [3.63, 3.8) is 0 Å². The second-order valence-electron chi connectivity index (χ2n) is 2.72. The summed E-state index contributed by atoms with van der Waals surface area (Å²) in [7, 11) is 0. The van der Waals surface area contributed by atoms with Crippen LogP contribution in [0.25, 0.3) is 10.9 Å². The van der Waals surface area contributed by atoms with Gasteiger partial charge >= 0.3 is 0 Å². The molecule has 0 N–H and O–H groups in total. The van der Waals surface area contributed by atoms with E-state index in [9.17, 15) is 0 Å². The van der Waals surface area contributed by atoms with E-state index in [2.05, 4.69) is 29.0 Å². The third-order valence-corrected chi connectivity index (χ3v) is 1.91. The molecule has 2 rings (SSSR count). The van der Waals surface area contributed by atoms with Crippen LogP contribution in [0.2, 0.25) is 0 Å². The molecule has 0 aromatic carbocycles. The number of hydrogen-bond acceptors (Lipinski definition) is 2. The van der Waals surface area contributed by atoms with Gasteiger partial charge in [0.25, 0.3) is 0 Å². The summed E-state index contributed by atoms with van der Waals surface area (Å²) in [6, 6.07) is 6.12. The van der Waals surface area contributed by atoms with Crippen LogP contribution in [-0.2, 0) is 6.42 Å². The molecule has 0 aliphatic carbocycles. The Balaban J connectivity index is 2.67. The van der Waals surface area contributed by atoms with Gasteiger partial charge < -0.3 is 0 Å². The molecule has 2 heterocycles. The molecule has 2 aromatic heterocycles. The number of fused-ring (bicyclic) bond motifs is 1. The molecular formula is C10H10N2. The largest absolute Gasteiger partial charge is 0.262 e. The van der Waals surface area contributed by atoms with Crippen molar-refractivity contribution >= 4 is 10.9 Å². The summed E-state index contributed by atoms with van der Waals surface area (Å²) in [6.45, 7) is 2.10. The second kappa shape index (κ2) is 2.89. The first kappa shape index (κ1) is 7.22. The number of hydrogen-bond donors (Lipinski definition) is 0. The average Bonchev–Trinajstić information content (AvgIpc) is 2.17. The highest BCUT2D eigenvalue weighted by Crippen LogP contribution is 2.10. The maximum Gasteiger partial charge on any atom is 0.0888 e. The zero-order chi connectivity index (χ0) is 8.39. The lowest BCUT2D eigenvalue weighted by molar-refractivity contribution is 1.05. The third-order valence-electron chi connectivity index (χ3n) is 1.91. The van der Waals surface area contributed by atoms with Crippen LogP contribution in [0.3, 0.4) is 0 Å². The molecule has 0 saturated heterocycles. The molecule has 0 bridgehead atoms. The van der Waals surface area contributed by atoms with Crippen LogP contribution >= 0.6 is 0 Å². The first-order valence-electron chi connectivity index (χ1n) is 4.10. The van der Waals surface area contributed by atoms with Crippen LogP contribution in [0.4, 0.5) is 0 Å². The predicted octanol–water partition coefficient (Wildman–Crippen LogP) is 2.19. The van der Waals surface area contributed by atoms with Crippen molar-refractivity contribution < 1.29 is 0 Å². The number of rotatable bonds is 1. The summed E-state index contributed by atoms with van der Waals surface area (Å²) in [5.74, 6) is 0. The van der Waals surface area contributed by atoms with Gasteiger partial charge in [0.1, 0.15) is 0 Å². The summed E-state index contributed by atoms with van der Waals surface area (Å²) in [5, 5.41) is 1.15. The van der Waals surface area contributed by atoms with Crippen molar-refractivity contribution in [1.82, 2.24) is 9.97 Å². The number of aryl methyl sites for hydroxylation is 1. The number of pyridine rings is 2. The van der Waals surface area contributed by atoms with Crippen LogP contribution in [-0.4, -0.2) is 9.97 Å². The van der Waals surface area contributed by atoms with Crippen molar-refractivity contribution in [3.05, 3.63) is 36.3 Å². The Labute approximate surface area is 71.3 Å². The second-order valence-corrected chi connectivity index (χ2v) is 2.72. The highest BCUT2D eigenvalue weighted by Gasteiger charge is 1.94. The van der Waals surface area contributed by atoms with E-state index in [4.69, 9.17) is 0 Å². The van der Waals surface area contributed by atoms with Gasteiger partial charge in [-0.25, -0.2) is 0 Å². The monoisotopic (exact) mass is 158 g/mol. The lowest BCUT2D eigenvalue weighted by atomic mass is 10.2. The van der Waals surface area contributed by atoms with Gasteiger partial charge in [-0.15, -0.1) is 0 Å². The van der Waals surface area contributed by atoms with E-state index in [0.717, 1.165) is 23.0 Å². The standard InChI is InChI=1S/C10H10N2/c1-2-9-4-3-8-5-6-11-7-10(8)12-9/h3-7H,2H2,1H3. The molecule has 0 unspecified atom stereocenters. The van der Waals surface area contributed by atoms with Crippen LogP contribution < -0.4 is 0 Å². The fourth-order valence-electron chi connectivity index (χ4n) is 1.21. The fourth-order valence-corrected chi connectivity index (χ4v) is 1.21. The summed E-state index contributed by atoms with van der Waals surface area (Å²) < 4.78 is 0. The molecule has 2 heteroatoms. The van der Waals surface area contributed by atoms with Crippen LogP contribution in [0.5, 0.6) is 0 Å². The summed E-state index contributed by atoms with van der Waals surface area (Å²) in [6.07, 6.45) is 4.56. The summed E-state index contributed by atoms with van der Waals surface area (Å²) in [5.41, 5.74) is 2.10. The van der Waals surface area contributed by atoms with Gasteiger partial charge in [-0.1, -0.05) is 13.0 Å². The summed E-state index contributed by atoms with van der Waals surface area (Å²) in [4.78, 5) is 8.46. The molecule has 0 fully saturated rings. The minimum absolute atomic E-state index is 0.977. The summed E-state index contributed by atoms with van der Waals surface area (Å²) >= 11 is 0. The molecule has 0 aliphatic heterocycles. The zero-order valence-corrected chi connectivity index (χ0v) is 6.99. The lowest BCUT2D eigenvalue weighted by Crippen LogP contribution is -1.87. The first-order valence-corrected chi connectivity index (χ1v) is 4.10. The van der Waals surface area contributed by atoms with Crippen LogP contribution in [0.1, 0.15) is 12.6 Å². The Kier molecular flexibility index (Phi) is 1.74. The Morgan fingerprint density at radius 1 is 1.25 bits per heavy atom. The molecule has 0 aliphatic rings. The van der Waals surface area contributed by atoms with Gasteiger partial charge in [0.05, 0.1) is 11.7 Å². The van der Waals surface area contributed by atoms with Gasteiger partial charge in [-0.05, 0) is 18.6 Å². The SMILES string of the molecule is CCc1ccc2ccncc2n1. The highest BCUT2D eigenvalue weighted by atomic mass is 14.7. The third kappa shape index (κ3) is 1.16. The Hall–Kier alpha value is -1.44. The van der Waals surface area contributed by atoms with Gasteiger partial charge in [-0.2, -0.15) is 0 Å². The van der Waals surface area contributed by atoms with Gasteiger partial charge in [-0.3, -0.25) is 9.97 Å². The highest BCUT2D eigenvalue weighted by molar-refractivity contribution is 5.77. The molecule has 0 amide bonds. The molecule has 0 saturated carbocycles. The zero-order valence-electron chi connectivity index (χ0n) is 6.99. The van der Waals surface area contributed by atoms with Gasteiger partial charge in [0, 0.05) is 17.3 Å². The van der Waals surface area contributed by atoms with Crippen LogP contribution in [0.15, 0.2) is 30.6 Å². The molecule has 2 aromatic rings. The van der Waals surface area contributed by atoms with E-state index in [0.29, 0.717) is 0 Å². The van der Waals surface area contributed by atoms with Crippen molar-refractivity contribution in [1.29, 1.82) is 0 Å². The van der Waals surface area contributed by atoms with E-state index in [1.165, 1.54) is 0 Å². The molecule has 2 nitrogen and oxygen atoms in total. The lowest BCUT2D eigenvalue weighted by Gasteiger charge is -1.98. The first-order chi connectivity index (χ1) is 5.90. The van der Waals surface area contributed by atoms with E-state index in [-0.39, 0.29) is 0 Å². The van der Waals surface area contributed by atoms with Gasteiger partial charge in [0.2, 0.25) is 0 Å². The predicted molar refractivity (Wildman–Crippen MR) is 48.9 cm³/mol. The number of aromatic nitrogens is 2. The molecule has 12 heavy (non-hydrogen) atoms. The Morgan fingerprint density at radius 3 is 3.00 bits per heavy atom. The van der Waals surface area contributed by atoms with E-state index >= 15 is 0 Å². The smallest absolute Gasteiger partial charge is 0.0888 e.